The van der Waals surface area contributed by atoms with Crippen LogP contribution >= 0.6 is 33.9 Å². The highest BCUT2D eigenvalue weighted by atomic mass is 127. The average Bonchev–Trinajstić information content (AvgIpc) is 2.88. The van der Waals surface area contributed by atoms with Crippen LogP contribution in [0.25, 0.3) is 0 Å². The van der Waals surface area contributed by atoms with Gasteiger partial charge >= 0.3 is 0 Å². The maximum Gasteiger partial charge on any atom is 0.185 e. The van der Waals surface area contributed by atoms with Crippen molar-refractivity contribution < 1.29 is 9.53 Å². The summed E-state index contributed by atoms with van der Waals surface area (Å²) in [4.78, 5) is 12.4. The predicted octanol–water partition coefficient (Wildman–Crippen LogP) is 4.16. The standard InChI is InChI=1S/C15H12INO2S/c1-9-3-4-10(5-13(9)19-2)12(7-17)15(18)11-6-14(16)20-8-11/h3-6,8,12H,1-2H3. The monoisotopic (exact) mass is 397 g/mol. The third-order valence-corrected chi connectivity index (χ3v) is 4.80. The molecule has 0 aliphatic heterocycles. The second-order valence-electron chi connectivity index (χ2n) is 4.29. The fourth-order valence-corrected chi connectivity index (χ4v) is 3.24. The number of hydrogen-bond donors (Lipinski definition) is 0. The zero-order valence-electron chi connectivity index (χ0n) is 11.0. The lowest BCUT2D eigenvalue weighted by Gasteiger charge is -2.11. The van der Waals surface area contributed by atoms with Crippen LogP contribution in [-0.2, 0) is 0 Å². The SMILES string of the molecule is COc1cc(C(C#N)C(=O)c2csc(I)c2)ccc1C. The van der Waals surface area contributed by atoms with Crippen molar-refractivity contribution in [2.45, 2.75) is 12.8 Å². The molecule has 0 bridgehead atoms. The molecule has 20 heavy (non-hydrogen) atoms. The molecule has 1 unspecified atom stereocenters. The van der Waals surface area contributed by atoms with E-state index in [9.17, 15) is 10.1 Å². The molecule has 5 heteroatoms. The van der Waals surface area contributed by atoms with Gasteiger partial charge in [-0.15, -0.1) is 11.3 Å². The number of ketones is 1. The number of halogens is 1. The summed E-state index contributed by atoms with van der Waals surface area (Å²) in [5.74, 6) is -0.275. The van der Waals surface area contributed by atoms with Crippen molar-refractivity contribution in [3.8, 4) is 11.8 Å². The molecular weight excluding hydrogens is 385 g/mol. The number of hydrogen-bond acceptors (Lipinski definition) is 4. The number of aryl methyl sites for hydroxylation is 1. The van der Waals surface area contributed by atoms with E-state index in [2.05, 4.69) is 28.7 Å². The second kappa shape index (κ2) is 6.37. The number of ether oxygens (including phenoxy) is 1. The fourth-order valence-electron chi connectivity index (χ4n) is 1.91. The van der Waals surface area contributed by atoms with Gasteiger partial charge < -0.3 is 4.74 Å². The Balaban J connectivity index is 2.38. The maximum absolute atomic E-state index is 12.4. The molecule has 102 valence electrons. The van der Waals surface area contributed by atoms with Crippen LogP contribution in [-0.4, -0.2) is 12.9 Å². The molecule has 0 spiro atoms. The lowest BCUT2D eigenvalue weighted by atomic mass is 9.92. The van der Waals surface area contributed by atoms with E-state index >= 15 is 0 Å². The Morgan fingerprint density at radius 2 is 2.20 bits per heavy atom. The smallest absolute Gasteiger partial charge is 0.185 e. The summed E-state index contributed by atoms with van der Waals surface area (Å²) in [6, 6.07) is 9.34. The van der Waals surface area contributed by atoms with Crippen LogP contribution in [0, 0.1) is 21.1 Å². The van der Waals surface area contributed by atoms with Crippen molar-refractivity contribution in [1.29, 1.82) is 5.26 Å². The minimum absolute atomic E-state index is 0.169. The molecule has 0 aliphatic rings. The van der Waals surface area contributed by atoms with Crippen molar-refractivity contribution in [3.63, 3.8) is 0 Å². The molecule has 0 fully saturated rings. The van der Waals surface area contributed by atoms with Gasteiger partial charge in [-0.1, -0.05) is 12.1 Å². The van der Waals surface area contributed by atoms with Gasteiger partial charge in [0.1, 0.15) is 11.7 Å². The fraction of sp³-hybridized carbons (Fsp3) is 0.200. The first-order chi connectivity index (χ1) is 9.56. The van der Waals surface area contributed by atoms with Crippen molar-refractivity contribution in [2.24, 2.45) is 0 Å². The first-order valence-corrected chi connectivity index (χ1v) is 7.85. The minimum atomic E-state index is -0.796. The number of nitriles is 1. The summed E-state index contributed by atoms with van der Waals surface area (Å²) in [5, 5.41) is 11.1. The Morgan fingerprint density at radius 3 is 2.75 bits per heavy atom. The van der Waals surface area contributed by atoms with Crippen LogP contribution in [0.4, 0.5) is 0 Å². The number of rotatable bonds is 4. The largest absolute Gasteiger partial charge is 0.496 e. The van der Waals surface area contributed by atoms with E-state index in [0.717, 1.165) is 8.45 Å². The van der Waals surface area contributed by atoms with Gasteiger partial charge in [-0.3, -0.25) is 4.79 Å². The molecule has 0 radical (unpaired) electrons. The Hall–Kier alpha value is -1.39. The number of benzene rings is 1. The molecular formula is C15H12INO2S. The molecule has 0 amide bonds. The van der Waals surface area contributed by atoms with E-state index in [1.54, 1.807) is 24.6 Å². The number of methoxy groups -OCH3 is 1. The van der Waals surface area contributed by atoms with E-state index < -0.39 is 5.92 Å². The lowest BCUT2D eigenvalue weighted by Crippen LogP contribution is -2.10. The molecule has 2 rings (SSSR count). The van der Waals surface area contributed by atoms with Crippen LogP contribution in [0.2, 0.25) is 0 Å². The summed E-state index contributed by atoms with van der Waals surface area (Å²) in [7, 11) is 1.58. The van der Waals surface area contributed by atoms with Gasteiger partial charge in [-0.05, 0) is 52.8 Å². The highest BCUT2D eigenvalue weighted by molar-refractivity contribution is 14.1. The van der Waals surface area contributed by atoms with Crippen molar-refractivity contribution >= 4 is 39.7 Å². The van der Waals surface area contributed by atoms with E-state index in [1.807, 2.05) is 19.1 Å². The second-order valence-corrected chi connectivity index (χ2v) is 7.10. The number of thiophene rings is 1. The summed E-state index contributed by atoms with van der Waals surface area (Å²) in [5.41, 5.74) is 2.23. The Morgan fingerprint density at radius 1 is 1.45 bits per heavy atom. The van der Waals surface area contributed by atoms with Crippen LogP contribution in [0.15, 0.2) is 29.6 Å². The molecule has 1 heterocycles. The van der Waals surface area contributed by atoms with Crippen molar-refractivity contribution in [2.75, 3.05) is 7.11 Å². The summed E-state index contributed by atoms with van der Waals surface area (Å²) in [6.45, 7) is 1.92. The molecule has 0 aliphatic carbocycles. The zero-order valence-corrected chi connectivity index (χ0v) is 14.0. The highest BCUT2D eigenvalue weighted by Gasteiger charge is 2.23. The summed E-state index contributed by atoms with van der Waals surface area (Å²) in [6.07, 6.45) is 0. The quantitative estimate of drug-likeness (QED) is 0.575. The lowest BCUT2D eigenvalue weighted by molar-refractivity contribution is 0.0979. The van der Waals surface area contributed by atoms with Crippen LogP contribution < -0.4 is 4.74 Å². The molecule has 1 aromatic heterocycles. The maximum atomic E-state index is 12.4. The Kier molecular flexibility index (Phi) is 4.78. The normalized spacial score (nSPS) is 11.7. The van der Waals surface area contributed by atoms with Gasteiger partial charge in [-0.2, -0.15) is 5.26 Å². The molecule has 1 atom stereocenters. The van der Waals surface area contributed by atoms with Gasteiger partial charge in [0.2, 0.25) is 0 Å². The predicted molar refractivity (Wildman–Crippen MR) is 87.5 cm³/mol. The van der Waals surface area contributed by atoms with Crippen LogP contribution in [0.5, 0.6) is 5.75 Å². The van der Waals surface area contributed by atoms with E-state index in [-0.39, 0.29) is 5.78 Å². The molecule has 0 saturated carbocycles. The van der Waals surface area contributed by atoms with E-state index in [4.69, 9.17) is 4.74 Å². The topological polar surface area (TPSA) is 50.1 Å². The van der Waals surface area contributed by atoms with Crippen molar-refractivity contribution in [1.82, 2.24) is 0 Å². The Bertz CT molecular complexity index is 687. The van der Waals surface area contributed by atoms with Crippen LogP contribution in [0.3, 0.4) is 0 Å². The van der Waals surface area contributed by atoms with Gasteiger partial charge in [0, 0.05) is 10.9 Å². The van der Waals surface area contributed by atoms with Crippen LogP contribution in [0.1, 0.15) is 27.4 Å². The van der Waals surface area contributed by atoms with Gasteiger partial charge in [0.05, 0.1) is 16.1 Å². The number of Topliss-reactive ketones (excluding diaryl/α,β-unsaturated/α-hetero) is 1. The van der Waals surface area contributed by atoms with E-state index in [0.29, 0.717) is 16.9 Å². The zero-order chi connectivity index (χ0) is 14.7. The number of nitrogens with zero attached hydrogens (tertiary/aromatic N) is 1. The molecule has 1 aromatic carbocycles. The molecule has 0 N–H and O–H groups in total. The van der Waals surface area contributed by atoms with Gasteiger partial charge in [0.15, 0.2) is 5.78 Å². The van der Waals surface area contributed by atoms with Gasteiger partial charge in [0.25, 0.3) is 0 Å². The number of carbonyl (C=O) groups excluding carboxylic acids is 1. The first kappa shape index (κ1) is 15.0. The molecule has 2 aromatic rings. The summed E-state index contributed by atoms with van der Waals surface area (Å²) >= 11 is 3.66. The van der Waals surface area contributed by atoms with E-state index in [1.165, 1.54) is 11.3 Å². The van der Waals surface area contributed by atoms with Gasteiger partial charge in [-0.25, -0.2) is 0 Å². The Labute approximate surface area is 135 Å². The molecule has 0 saturated heterocycles. The number of carbonyl (C=O) groups is 1. The molecule has 3 nitrogen and oxygen atoms in total. The van der Waals surface area contributed by atoms with Crippen molar-refractivity contribution in [3.05, 3.63) is 49.2 Å². The summed E-state index contributed by atoms with van der Waals surface area (Å²) < 4.78 is 6.28. The minimum Gasteiger partial charge on any atom is -0.496 e. The first-order valence-electron chi connectivity index (χ1n) is 5.89. The third-order valence-electron chi connectivity index (χ3n) is 3.01. The third kappa shape index (κ3) is 3.02. The average molecular weight is 397 g/mol. The highest BCUT2D eigenvalue weighted by Crippen LogP contribution is 2.28.